The molecule has 0 radical (unpaired) electrons. The lowest BCUT2D eigenvalue weighted by Gasteiger charge is -2.26. The van der Waals surface area contributed by atoms with E-state index < -0.39 is 67.0 Å². The van der Waals surface area contributed by atoms with Crippen LogP contribution in [-0.4, -0.2) is 57.7 Å². The first-order valence-electron chi connectivity index (χ1n) is 11.0. The average molecular weight is 555 g/mol. The molecule has 0 amide bonds. The summed E-state index contributed by atoms with van der Waals surface area (Å²) in [6, 6.07) is 8.52. The minimum atomic E-state index is -4.34. The summed E-state index contributed by atoms with van der Waals surface area (Å²) in [4.78, 5) is 74.4. The van der Waals surface area contributed by atoms with E-state index in [0.717, 1.165) is 30.7 Å². The Morgan fingerprint density at radius 3 is 2.27 bits per heavy atom. The monoisotopic (exact) mass is 555 g/mol. The quantitative estimate of drug-likeness (QED) is 0.314. The van der Waals surface area contributed by atoms with Crippen molar-refractivity contribution in [3.8, 4) is 0 Å². The third kappa shape index (κ3) is 6.84. The molecule has 1 aliphatic heterocycles. The van der Waals surface area contributed by atoms with Gasteiger partial charge in [-0.15, -0.1) is 0 Å². The van der Waals surface area contributed by atoms with Gasteiger partial charge in [-0.3, -0.25) is 28.3 Å². The molecule has 3 rings (SSSR count). The van der Waals surface area contributed by atoms with Crippen LogP contribution in [0.3, 0.4) is 0 Å². The van der Waals surface area contributed by atoms with E-state index in [0.29, 0.717) is 15.9 Å². The van der Waals surface area contributed by atoms with Crippen molar-refractivity contribution >= 4 is 36.0 Å². The van der Waals surface area contributed by atoms with E-state index in [1.54, 1.807) is 25.1 Å². The van der Waals surface area contributed by atoms with Crippen molar-refractivity contribution in [1.29, 1.82) is 0 Å². The molecule has 13 nitrogen and oxygen atoms in total. The van der Waals surface area contributed by atoms with Gasteiger partial charge in [0, 0.05) is 31.7 Å². The van der Waals surface area contributed by atoms with Gasteiger partial charge in [-0.05, 0) is 17.9 Å². The molecule has 1 unspecified atom stereocenters. The maximum absolute atomic E-state index is 13.3. The number of ether oxygens (including phenoxy) is 3. The molecular weight excluding hydrogens is 531 g/mol. The molecule has 1 saturated heterocycles. The Bertz CT molecular complexity index is 1330. The smallest absolute Gasteiger partial charge is 0.340 e. The Kier molecular flexibility index (Phi) is 9.26. The van der Waals surface area contributed by atoms with Crippen molar-refractivity contribution in [3.63, 3.8) is 0 Å². The Morgan fingerprint density at radius 2 is 1.68 bits per heavy atom. The highest BCUT2D eigenvalue weighted by Crippen LogP contribution is 2.51. The van der Waals surface area contributed by atoms with Crippen LogP contribution >= 0.6 is 18.2 Å². The summed E-state index contributed by atoms with van der Waals surface area (Å²) in [5.74, 6) is -2.33. The number of esters is 2. The molecule has 200 valence electrons. The Labute approximate surface area is 214 Å². The Balaban J connectivity index is 2.05. The van der Waals surface area contributed by atoms with E-state index in [4.69, 9.17) is 18.7 Å². The Morgan fingerprint density at radius 1 is 1.05 bits per heavy atom. The molecule has 5 atom stereocenters. The number of hydrogen-bond donors (Lipinski definition) is 0. The highest BCUT2D eigenvalue weighted by Gasteiger charge is 2.51. The zero-order valence-corrected chi connectivity index (χ0v) is 21.7. The van der Waals surface area contributed by atoms with E-state index in [1.807, 2.05) is 0 Å². The lowest BCUT2D eigenvalue weighted by atomic mass is 10.1. The lowest BCUT2D eigenvalue weighted by molar-refractivity contribution is -0.193. The summed E-state index contributed by atoms with van der Waals surface area (Å²) in [7, 11) is 0. The van der Waals surface area contributed by atoms with Crippen LogP contribution in [0.25, 0.3) is 0 Å². The molecule has 1 aromatic heterocycles. The summed E-state index contributed by atoms with van der Waals surface area (Å²) in [6.45, 7) is -1.21. The molecule has 0 bridgehead atoms. The number of aromatic nitrogens is 2. The number of nitrogens with zero attached hydrogens (tertiary/aromatic N) is 2. The van der Waals surface area contributed by atoms with Crippen molar-refractivity contribution in [2.75, 3.05) is 12.4 Å². The topological polar surface area (TPSA) is 172 Å². The van der Waals surface area contributed by atoms with Crippen molar-refractivity contribution in [2.45, 2.75) is 45.3 Å². The molecule has 1 aromatic carbocycles. The highest BCUT2D eigenvalue weighted by molar-refractivity contribution is 8.54. The van der Waals surface area contributed by atoms with Gasteiger partial charge in [0.1, 0.15) is 6.10 Å². The third-order valence-electron chi connectivity index (χ3n) is 5.08. The fraction of sp³-hybridized carbons (Fsp3) is 0.409. The van der Waals surface area contributed by atoms with Crippen LogP contribution in [0.2, 0.25) is 0 Å². The van der Waals surface area contributed by atoms with E-state index in [-0.39, 0.29) is 11.3 Å². The third-order valence-corrected chi connectivity index (χ3v) is 8.16. The zero-order chi connectivity index (χ0) is 27.3. The highest BCUT2D eigenvalue weighted by atomic mass is 32.7. The second-order valence-electron chi connectivity index (χ2n) is 7.72. The molecule has 0 aliphatic carbocycles. The summed E-state index contributed by atoms with van der Waals surface area (Å²) in [5.41, 5.74) is -1.98. The van der Waals surface area contributed by atoms with Gasteiger partial charge >= 0.3 is 17.6 Å². The van der Waals surface area contributed by atoms with Crippen LogP contribution in [0.4, 0.5) is 0 Å². The Hall–Kier alpha value is -3.03. The minimum absolute atomic E-state index is 0.0621. The van der Waals surface area contributed by atoms with Crippen molar-refractivity contribution in [1.82, 2.24) is 9.13 Å². The predicted octanol–water partition coefficient (Wildman–Crippen LogP) is 0.697. The van der Waals surface area contributed by atoms with E-state index >= 15 is 0 Å². The van der Waals surface area contributed by atoms with Crippen molar-refractivity contribution in [3.05, 3.63) is 69.0 Å². The second-order valence-corrected chi connectivity index (χ2v) is 11.8. The molecule has 37 heavy (non-hydrogen) atoms. The molecular formula is C22H24N2O11PS-. The number of hydrogen-bond acceptors (Lipinski definition) is 12. The van der Waals surface area contributed by atoms with Crippen molar-refractivity contribution < 1.29 is 42.6 Å². The fourth-order valence-electron chi connectivity index (χ4n) is 3.66. The molecule has 1 fully saturated rings. The van der Waals surface area contributed by atoms with Gasteiger partial charge < -0.3 is 23.6 Å². The zero-order valence-electron chi connectivity index (χ0n) is 20.0. The first-order valence-corrected chi connectivity index (χ1v) is 14.1. The molecule has 15 heteroatoms. The minimum Gasteiger partial charge on any atom is -0.770 e. The van der Waals surface area contributed by atoms with Gasteiger partial charge in [0.15, 0.2) is 25.2 Å². The molecule has 2 aromatic rings. The van der Waals surface area contributed by atoms with E-state index in [9.17, 15) is 33.4 Å². The summed E-state index contributed by atoms with van der Waals surface area (Å²) >= 11 is 0.546. The molecule has 0 saturated carbocycles. The molecule has 0 N–H and O–H groups in total. The normalized spacial score (nSPS) is 22.7. The summed E-state index contributed by atoms with van der Waals surface area (Å²) < 4.78 is 34.6. The maximum atomic E-state index is 13.3. The lowest BCUT2D eigenvalue weighted by Crippen LogP contribution is -2.47. The first kappa shape index (κ1) is 28.5. The number of rotatable bonds is 9. The predicted molar refractivity (Wildman–Crippen MR) is 128 cm³/mol. The number of benzene rings is 1. The average Bonchev–Trinajstić information content (AvgIpc) is 3.14. The van der Waals surface area contributed by atoms with Gasteiger partial charge in [-0.2, -0.15) is 4.57 Å². The number of carbonyl (C=O) groups excluding carboxylic acids is 3. The molecule has 1 aliphatic rings. The van der Waals surface area contributed by atoms with Gasteiger partial charge in [0.05, 0.1) is 6.61 Å². The van der Waals surface area contributed by atoms with E-state index in [2.05, 4.69) is 0 Å². The van der Waals surface area contributed by atoms with Gasteiger partial charge in [-0.25, -0.2) is 4.79 Å². The van der Waals surface area contributed by atoms with Gasteiger partial charge in [-0.1, -0.05) is 36.5 Å². The van der Waals surface area contributed by atoms with Gasteiger partial charge in [0.2, 0.25) is 0 Å². The standard InChI is InChI=1S/C22H25N2O11PS/c1-4-37-36(30,31)32-12-16-18(33-13(2)25)19(34-14(3)26)21(35-16)23-11-10-17(27)24(22(23)29)20(28)15-8-6-5-7-9-15/h5-11,16,18-19,21H,4,12H2,1-3H3,(H,30,31)/p-1/t16-,18-,19-,21-/m1/s1. The number of carbonyl (C=O) groups is 3. The summed E-state index contributed by atoms with van der Waals surface area (Å²) in [6.07, 6.45) is -4.60. The van der Waals surface area contributed by atoms with Crippen LogP contribution in [0.5, 0.6) is 0 Å². The molecule has 2 heterocycles. The van der Waals surface area contributed by atoms with Crippen molar-refractivity contribution in [2.24, 2.45) is 0 Å². The maximum Gasteiger partial charge on any atom is 0.340 e. The van der Waals surface area contributed by atoms with Crippen LogP contribution in [0, 0.1) is 0 Å². The largest absolute Gasteiger partial charge is 0.770 e. The van der Waals surface area contributed by atoms with Crippen LogP contribution < -0.4 is 16.1 Å². The summed E-state index contributed by atoms with van der Waals surface area (Å²) in [5, 5.41) is 0. The van der Waals surface area contributed by atoms with Crippen LogP contribution in [-0.2, 0) is 32.9 Å². The second kappa shape index (κ2) is 12.0. The van der Waals surface area contributed by atoms with Crippen LogP contribution in [0.15, 0.2) is 52.2 Å². The van der Waals surface area contributed by atoms with Crippen LogP contribution in [0.1, 0.15) is 37.4 Å². The molecule has 0 spiro atoms. The first-order chi connectivity index (χ1) is 17.4. The fourth-order valence-corrected chi connectivity index (χ4v) is 5.74. The van der Waals surface area contributed by atoms with Gasteiger partial charge in [0.25, 0.3) is 11.5 Å². The van der Waals surface area contributed by atoms with E-state index in [1.165, 1.54) is 12.1 Å². The SMILES string of the molecule is CCSP(=O)([O-])OC[C@H]1O[C@@H](n2ccc(=O)n(C(=O)c3ccccc3)c2=O)[C@H](OC(C)=O)[C@@H]1OC(C)=O.